The third-order valence-electron chi connectivity index (χ3n) is 6.53. The zero-order valence-electron chi connectivity index (χ0n) is 16.6. The van der Waals surface area contributed by atoms with Gasteiger partial charge < -0.3 is 25.4 Å². The highest BCUT2D eigenvalue weighted by atomic mass is 32.1. The van der Waals surface area contributed by atoms with Crippen LogP contribution in [0.5, 0.6) is 0 Å². The topological polar surface area (TPSA) is 133 Å². The molecule has 1 aliphatic carbocycles. The molecule has 158 valence electrons. The molecule has 3 aliphatic heterocycles. The normalized spacial score (nSPS) is 35.5. The van der Waals surface area contributed by atoms with Crippen molar-refractivity contribution in [3.63, 3.8) is 0 Å². The van der Waals surface area contributed by atoms with Crippen LogP contribution < -0.4 is 11.1 Å². The Balaban J connectivity index is 1.57. The van der Waals surface area contributed by atoms with Gasteiger partial charge in [-0.05, 0) is 18.4 Å². The summed E-state index contributed by atoms with van der Waals surface area (Å²) in [5, 5.41) is 5.28. The number of nitrogens with one attached hydrogen (secondary N) is 1. The number of carbonyl (C=O) groups excluding carboxylic acids is 3. The summed E-state index contributed by atoms with van der Waals surface area (Å²) >= 11 is 1.55. The number of nitrogens with zero attached hydrogens (tertiary/aromatic N) is 2. The monoisotopic (exact) mass is 430 g/mol. The zero-order valence-corrected chi connectivity index (χ0v) is 17.4. The van der Waals surface area contributed by atoms with E-state index >= 15 is 0 Å². The number of rotatable bonds is 5. The molecule has 0 bridgehead atoms. The van der Waals surface area contributed by atoms with Crippen LogP contribution >= 0.6 is 11.3 Å². The Hall–Kier alpha value is -2.56. The summed E-state index contributed by atoms with van der Waals surface area (Å²) in [6.45, 7) is 2.47. The van der Waals surface area contributed by atoms with Crippen LogP contribution in [0.15, 0.2) is 33.8 Å². The maximum atomic E-state index is 13.6. The molecule has 0 saturated carbocycles. The van der Waals surface area contributed by atoms with Gasteiger partial charge in [0, 0.05) is 30.1 Å². The highest BCUT2D eigenvalue weighted by molar-refractivity contribution is 7.09. The average Bonchev–Trinajstić information content (AvgIpc) is 3.08. The number of ether oxygens (including phenoxy) is 2. The molecule has 0 aromatic carbocycles. The van der Waals surface area contributed by atoms with Crippen LogP contribution in [0.3, 0.4) is 0 Å². The first-order valence-corrected chi connectivity index (χ1v) is 10.7. The van der Waals surface area contributed by atoms with Gasteiger partial charge in [-0.3, -0.25) is 14.6 Å². The quantitative estimate of drug-likeness (QED) is 0.648. The van der Waals surface area contributed by atoms with E-state index in [1.54, 1.807) is 25.4 Å². The Labute approximate surface area is 176 Å². The van der Waals surface area contributed by atoms with E-state index in [0.29, 0.717) is 24.4 Å². The Morgan fingerprint density at radius 1 is 1.47 bits per heavy atom. The Morgan fingerprint density at radius 3 is 2.93 bits per heavy atom. The van der Waals surface area contributed by atoms with Gasteiger partial charge in [-0.2, -0.15) is 0 Å². The lowest BCUT2D eigenvalue weighted by molar-refractivity contribution is -0.138. The largest absolute Gasteiger partial charge is 0.449 e. The Kier molecular flexibility index (Phi) is 4.35. The molecule has 1 aromatic heterocycles. The first-order chi connectivity index (χ1) is 14.4. The van der Waals surface area contributed by atoms with Crippen LogP contribution in [-0.2, 0) is 25.6 Å². The van der Waals surface area contributed by atoms with Gasteiger partial charge in [0.1, 0.15) is 6.61 Å². The fourth-order valence-electron chi connectivity index (χ4n) is 5.15. The van der Waals surface area contributed by atoms with Crippen LogP contribution in [0, 0.1) is 11.8 Å². The van der Waals surface area contributed by atoms with Gasteiger partial charge in [0.25, 0.3) is 0 Å². The molecule has 9 nitrogen and oxygen atoms in total. The number of carbonyl (C=O) groups is 3. The minimum absolute atomic E-state index is 0.0583. The summed E-state index contributed by atoms with van der Waals surface area (Å²) in [6.07, 6.45) is -0.935. The number of aliphatic imine (C=N–C) groups is 1. The number of hydrogen-bond acceptors (Lipinski definition) is 9. The number of ketones is 2. The molecule has 1 amide bonds. The van der Waals surface area contributed by atoms with E-state index in [1.807, 2.05) is 22.4 Å². The summed E-state index contributed by atoms with van der Waals surface area (Å²) in [6, 6.07) is 3.97. The van der Waals surface area contributed by atoms with Crippen LogP contribution in [0.2, 0.25) is 0 Å². The van der Waals surface area contributed by atoms with Crippen molar-refractivity contribution >= 4 is 34.7 Å². The highest BCUT2D eigenvalue weighted by Crippen LogP contribution is 2.55. The SMILES string of the molecule is COC12C(COC(N)=O)C3=C(C(=O)C(C)C(=NCc4cccs4)C3=O)N1CC1NC12. The molecule has 5 unspecified atom stereocenters. The van der Waals surface area contributed by atoms with E-state index in [-0.39, 0.29) is 36.0 Å². The van der Waals surface area contributed by atoms with Gasteiger partial charge in [0.05, 0.1) is 35.8 Å². The molecular weight excluding hydrogens is 408 g/mol. The average molecular weight is 430 g/mol. The molecule has 5 rings (SSSR count). The number of amides is 1. The van der Waals surface area contributed by atoms with Crippen LogP contribution in [0.4, 0.5) is 4.79 Å². The van der Waals surface area contributed by atoms with Crippen molar-refractivity contribution < 1.29 is 23.9 Å². The third kappa shape index (κ3) is 2.53. The number of primary amides is 1. The van der Waals surface area contributed by atoms with E-state index in [1.165, 1.54) is 0 Å². The van der Waals surface area contributed by atoms with E-state index < -0.39 is 23.7 Å². The number of Topliss-reactive ketones (excluding diaryl/α,β-unsaturated/α-hetero) is 2. The molecular formula is C20H22N4O5S. The Bertz CT molecular complexity index is 1000. The highest BCUT2D eigenvalue weighted by Gasteiger charge is 2.73. The fourth-order valence-corrected chi connectivity index (χ4v) is 5.78. The minimum Gasteiger partial charge on any atom is -0.449 e. The molecule has 10 heteroatoms. The number of fused-ring (bicyclic) bond motifs is 4. The summed E-state index contributed by atoms with van der Waals surface area (Å²) in [7, 11) is 1.55. The number of thiophene rings is 1. The Morgan fingerprint density at radius 2 is 2.27 bits per heavy atom. The maximum absolute atomic E-state index is 13.6. The molecule has 2 fully saturated rings. The van der Waals surface area contributed by atoms with E-state index in [2.05, 4.69) is 10.3 Å². The number of hydrogen-bond donors (Lipinski definition) is 2. The van der Waals surface area contributed by atoms with Gasteiger partial charge in [0.2, 0.25) is 5.78 Å². The molecule has 2 saturated heterocycles. The molecule has 1 aromatic rings. The third-order valence-corrected chi connectivity index (χ3v) is 7.39. The number of allylic oxidation sites excluding steroid dienone is 1. The lowest BCUT2D eigenvalue weighted by Gasteiger charge is -2.39. The van der Waals surface area contributed by atoms with Crippen molar-refractivity contribution in [2.24, 2.45) is 22.6 Å². The second-order valence-corrected chi connectivity index (χ2v) is 8.99. The van der Waals surface area contributed by atoms with Crippen LogP contribution in [0.1, 0.15) is 11.8 Å². The molecule has 3 N–H and O–H groups in total. The molecule has 4 heterocycles. The lowest BCUT2D eigenvalue weighted by atomic mass is 9.78. The van der Waals surface area contributed by atoms with Crippen molar-refractivity contribution in [2.45, 2.75) is 31.3 Å². The maximum Gasteiger partial charge on any atom is 0.404 e. The summed E-state index contributed by atoms with van der Waals surface area (Å²) in [4.78, 5) is 45.7. The molecule has 0 spiro atoms. The molecule has 4 aliphatic rings. The molecule has 30 heavy (non-hydrogen) atoms. The van der Waals surface area contributed by atoms with Gasteiger partial charge >= 0.3 is 6.09 Å². The van der Waals surface area contributed by atoms with Gasteiger partial charge in [-0.25, -0.2) is 4.79 Å². The molecule has 0 radical (unpaired) electrons. The minimum atomic E-state index is -0.959. The second kappa shape index (κ2) is 6.73. The molecule has 5 atom stereocenters. The smallest absolute Gasteiger partial charge is 0.404 e. The van der Waals surface area contributed by atoms with Crippen molar-refractivity contribution in [1.82, 2.24) is 10.2 Å². The second-order valence-electron chi connectivity index (χ2n) is 7.96. The predicted octanol–water partition coefficient (Wildman–Crippen LogP) is 0.455. The van der Waals surface area contributed by atoms with E-state index in [9.17, 15) is 14.4 Å². The first-order valence-electron chi connectivity index (χ1n) is 9.81. The van der Waals surface area contributed by atoms with Crippen molar-refractivity contribution in [3.8, 4) is 0 Å². The number of nitrogens with two attached hydrogens (primary N) is 1. The van der Waals surface area contributed by atoms with Crippen LogP contribution in [0.25, 0.3) is 0 Å². The summed E-state index contributed by atoms with van der Waals surface area (Å²) in [5.41, 5.74) is 5.17. The van der Waals surface area contributed by atoms with Crippen molar-refractivity contribution in [3.05, 3.63) is 33.7 Å². The fraction of sp³-hybridized carbons (Fsp3) is 0.500. The first kappa shape index (κ1) is 19.4. The van der Waals surface area contributed by atoms with Crippen molar-refractivity contribution in [1.29, 1.82) is 0 Å². The lowest BCUT2D eigenvalue weighted by Crippen LogP contribution is -2.55. The standard InChI is InChI=1S/C20H22N4O5S/c1-9-14(22-6-10-4-3-5-30-10)17(26)13-11(8-29-19(21)27)20(28-2)18-12(23-18)7-24(20)15(13)16(9)25/h3-5,9,11-12,18,23H,6-8H2,1-2H3,(H2,21,27). The zero-order chi connectivity index (χ0) is 21.2. The van der Waals surface area contributed by atoms with Gasteiger partial charge in [0.15, 0.2) is 11.5 Å². The van der Waals surface area contributed by atoms with E-state index in [4.69, 9.17) is 15.2 Å². The summed E-state index contributed by atoms with van der Waals surface area (Å²) in [5.74, 6) is -1.72. The van der Waals surface area contributed by atoms with Crippen molar-refractivity contribution in [2.75, 3.05) is 20.3 Å². The van der Waals surface area contributed by atoms with Gasteiger partial charge in [-0.15, -0.1) is 11.3 Å². The predicted molar refractivity (Wildman–Crippen MR) is 108 cm³/mol. The van der Waals surface area contributed by atoms with Gasteiger partial charge in [-0.1, -0.05) is 6.07 Å². The summed E-state index contributed by atoms with van der Waals surface area (Å²) < 4.78 is 11.1. The number of methoxy groups -OCH3 is 1. The van der Waals surface area contributed by atoms with Crippen LogP contribution in [-0.4, -0.2) is 66.3 Å². The van der Waals surface area contributed by atoms with E-state index in [0.717, 1.165) is 4.88 Å². The number of piperazine rings is 1.